The van der Waals surface area contributed by atoms with E-state index in [0.29, 0.717) is 23.7 Å². The first kappa shape index (κ1) is 18.5. The molecule has 1 aromatic heterocycles. The van der Waals surface area contributed by atoms with E-state index in [1.807, 2.05) is 30.3 Å². The van der Waals surface area contributed by atoms with Gasteiger partial charge in [0.15, 0.2) is 5.82 Å². The number of aromatic nitrogens is 2. The Morgan fingerprint density at radius 2 is 2.04 bits per heavy atom. The zero-order valence-electron chi connectivity index (χ0n) is 15.0. The number of hydrazine groups is 1. The third-order valence-corrected chi connectivity index (χ3v) is 3.82. The highest BCUT2D eigenvalue weighted by atomic mass is 16.5. The Labute approximate surface area is 147 Å². The molecule has 2 N–H and O–H groups in total. The average molecular weight is 341 g/mol. The molecule has 0 bridgehead atoms. The first-order chi connectivity index (χ1) is 11.8. The molecular formula is C18H23N5O2. The predicted octanol–water partition coefficient (Wildman–Crippen LogP) is 2.29. The summed E-state index contributed by atoms with van der Waals surface area (Å²) in [6.07, 6.45) is 0. The summed E-state index contributed by atoms with van der Waals surface area (Å²) >= 11 is 0. The summed E-state index contributed by atoms with van der Waals surface area (Å²) in [5, 5.41) is 13.3. The molecule has 0 aliphatic heterocycles. The van der Waals surface area contributed by atoms with Crippen molar-refractivity contribution in [1.29, 1.82) is 5.26 Å². The van der Waals surface area contributed by atoms with Crippen LogP contribution in [0.25, 0.3) is 0 Å². The molecule has 0 fully saturated rings. The molecule has 2 rings (SSSR count). The lowest BCUT2D eigenvalue weighted by atomic mass is 9.94. The molecule has 1 heterocycles. The molecule has 0 saturated carbocycles. The fraction of sp³-hybridized carbons (Fsp3) is 0.389. The van der Waals surface area contributed by atoms with Crippen LogP contribution in [0.2, 0.25) is 0 Å². The number of anilines is 1. The molecule has 132 valence electrons. The molecule has 2 aromatic rings. The van der Waals surface area contributed by atoms with Crippen molar-refractivity contribution in [1.82, 2.24) is 15.2 Å². The number of benzene rings is 1. The van der Waals surface area contributed by atoms with E-state index in [1.165, 1.54) is 4.68 Å². The van der Waals surface area contributed by atoms with Gasteiger partial charge in [-0.3, -0.25) is 20.3 Å². The van der Waals surface area contributed by atoms with E-state index in [4.69, 9.17) is 4.74 Å². The molecule has 1 amide bonds. The van der Waals surface area contributed by atoms with Gasteiger partial charge in [-0.1, -0.05) is 30.3 Å². The molecule has 0 unspecified atom stereocenters. The quantitative estimate of drug-likeness (QED) is 0.754. The fourth-order valence-electron chi connectivity index (χ4n) is 2.28. The Balaban J connectivity index is 1.90. The van der Waals surface area contributed by atoms with Crippen molar-refractivity contribution >= 4 is 11.7 Å². The number of nitrogens with one attached hydrogen (secondary N) is 2. The van der Waals surface area contributed by atoms with Crippen molar-refractivity contribution in [3.05, 3.63) is 47.2 Å². The summed E-state index contributed by atoms with van der Waals surface area (Å²) in [5.41, 5.74) is 6.76. The van der Waals surface area contributed by atoms with E-state index in [1.54, 1.807) is 27.8 Å². The molecule has 1 aromatic carbocycles. The van der Waals surface area contributed by atoms with Gasteiger partial charge in [0.25, 0.3) is 0 Å². The Kier molecular flexibility index (Phi) is 5.78. The van der Waals surface area contributed by atoms with Gasteiger partial charge >= 0.3 is 0 Å². The molecule has 0 spiro atoms. The van der Waals surface area contributed by atoms with E-state index in [9.17, 15) is 10.1 Å². The second-order valence-corrected chi connectivity index (χ2v) is 6.49. The lowest BCUT2D eigenvalue weighted by Crippen LogP contribution is -2.43. The zero-order chi connectivity index (χ0) is 18.4. The molecular weight excluding hydrogens is 318 g/mol. The van der Waals surface area contributed by atoms with E-state index in [0.717, 1.165) is 5.56 Å². The largest absolute Gasteiger partial charge is 0.376 e. The van der Waals surface area contributed by atoms with Crippen LogP contribution in [-0.4, -0.2) is 22.3 Å². The predicted molar refractivity (Wildman–Crippen MR) is 94.3 cm³/mol. The van der Waals surface area contributed by atoms with Gasteiger partial charge in [0.1, 0.15) is 11.6 Å². The van der Waals surface area contributed by atoms with E-state index in [2.05, 4.69) is 22.0 Å². The molecule has 7 nitrogen and oxygen atoms in total. The molecule has 0 aliphatic rings. The van der Waals surface area contributed by atoms with Crippen LogP contribution >= 0.6 is 0 Å². The van der Waals surface area contributed by atoms with Crippen molar-refractivity contribution in [2.45, 2.75) is 27.4 Å². The maximum atomic E-state index is 12.4. The Bertz CT molecular complexity index is 775. The number of nitriles is 1. The van der Waals surface area contributed by atoms with Gasteiger partial charge in [-0.2, -0.15) is 10.4 Å². The van der Waals surface area contributed by atoms with Crippen LogP contribution in [0.4, 0.5) is 5.82 Å². The molecule has 25 heavy (non-hydrogen) atoms. The first-order valence-electron chi connectivity index (χ1n) is 7.97. The Morgan fingerprint density at radius 3 is 2.68 bits per heavy atom. The minimum atomic E-state index is -0.734. The number of hydrogen-bond donors (Lipinski definition) is 2. The summed E-state index contributed by atoms with van der Waals surface area (Å²) in [6.45, 7) is 6.06. The van der Waals surface area contributed by atoms with Gasteiger partial charge in [0.05, 0.1) is 24.3 Å². The number of amides is 1. The number of aryl methyl sites for hydroxylation is 2. The second-order valence-electron chi connectivity index (χ2n) is 6.49. The Morgan fingerprint density at radius 1 is 1.36 bits per heavy atom. The van der Waals surface area contributed by atoms with Crippen molar-refractivity contribution in [3.8, 4) is 6.07 Å². The van der Waals surface area contributed by atoms with Gasteiger partial charge in [0.2, 0.25) is 5.91 Å². The minimum Gasteiger partial charge on any atom is -0.376 e. The van der Waals surface area contributed by atoms with Crippen LogP contribution in [0.15, 0.2) is 30.3 Å². The van der Waals surface area contributed by atoms with Gasteiger partial charge in [-0.15, -0.1) is 0 Å². The standard InChI is InChI=1S/C18H23N5O2/c1-13-15(10-19)16(23(4)22-13)20-21-17(24)18(2,3)12-25-11-14-8-6-5-7-9-14/h5-9,20H,11-12H2,1-4H3,(H,21,24). The highest BCUT2D eigenvalue weighted by Crippen LogP contribution is 2.19. The smallest absolute Gasteiger partial charge is 0.246 e. The number of hydrogen-bond acceptors (Lipinski definition) is 5. The summed E-state index contributed by atoms with van der Waals surface area (Å²) in [7, 11) is 1.70. The number of carbonyl (C=O) groups excluding carboxylic acids is 1. The van der Waals surface area contributed by atoms with Crippen LogP contribution in [-0.2, 0) is 23.2 Å². The van der Waals surface area contributed by atoms with Gasteiger partial charge in [0, 0.05) is 7.05 Å². The number of nitrogens with zero attached hydrogens (tertiary/aromatic N) is 3. The monoisotopic (exact) mass is 341 g/mol. The van der Waals surface area contributed by atoms with Crippen molar-refractivity contribution in [2.75, 3.05) is 12.0 Å². The van der Waals surface area contributed by atoms with Gasteiger partial charge in [-0.05, 0) is 26.3 Å². The maximum Gasteiger partial charge on any atom is 0.246 e. The normalized spacial score (nSPS) is 11.0. The lowest BCUT2D eigenvalue weighted by molar-refractivity contribution is -0.132. The first-order valence-corrected chi connectivity index (χ1v) is 7.97. The van der Waals surface area contributed by atoms with Gasteiger partial charge < -0.3 is 4.74 Å². The summed E-state index contributed by atoms with van der Waals surface area (Å²) in [4.78, 5) is 12.4. The molecule has 7 heteroatoms. The summed E-state index contributed by atoms with van der Waals surface area (Å²) in [5.74, 6) is 0.220. The fourth-order valence-corrected chi connectivity index (χ4v) is 2.28. The minimum absolute atomic E-state index is 0.233. The molecule has 0 aliphatic carbocycles. The van der Waals surface area contributed by atoms with Crippen molar-refractivity contribution in [3.63, 3.8) is 0 Å². The van der Waals surface area contributed by atoms with Crippen molar-refractivity contribution < 1.29 is 9.53 Å². The van der Waals surface area contributed by atoms with E-state index >= 15 is 0 Å². The zero-order valence-corrected chi connectivity index (χ0v) is 15.0. The molecule has 0 radical (unpaired) electrons. The summed E-state index contributed by atoms with van der Waals surface area (Å²) < 4.78 is 7.19. The van der Waals surface area contributed by atoms with Crippen LogP contribution in [0.5, 0.6) is 0 Å². The van der Waals surface area contributed by atoms with Crippen molar-refractivity contribution in [2.24, 2.45) is 12.5 Å². The van der Waals surface area contributed by atoms with Gasteiger partial charge in [-0.25, -0.2) is 0 Å². The van der Waals surface area contributed by atoms with Crippen LogP contribution in [0, 0.1) is 23.7 Å². The highest BCUT2D eigenvalue weighted by molar-refractivity contribution is 5.83. The maximum absolute atomic E-state index is 12.4. The lowest BCUT2D eigenvalue weighted by Gasteiger charge is -2.24. The number of rotatable bonds is 7. The second kappa shape index (κ2) is 7.81. The van der Waals surface area contributed by atoms with E-state index < -0.39 is 5.41 Å². The molecule has 0 atom stereocenters. The third kappa shape index (κ3) is 4.58. The Hall–Kier alpha value is -2.85. The van der Waals surface area contributed by atoms with E-state index in [-0.39, 0.29) is 12.5 Å². The third-order valence-electron chi connectivity index (χ3n) is 3.82. The van der Waals surface area contributed by atoms with Crippen LogP contribution in [0.1, 0.15) is 30.7 Å². The highest BCUT2D eigenvalue weighted by Gasteiger charge is 2.28. The topological polar surface area (TPSA) is 92.0 Å². The number of ether oxygens (including phenoxy) is 1. The van der Waals surface area contributed by atoms with Crippen LogP contribution in [0.3, 0.4) is 0 Å². The average Bonchev–Trinajstić information content (AvgIpc) is 2.86. The summed E-state index contributed by atoms with van der Waals surface area (Å²) in [6, 6.07) is 11.9. The van der Waals surface area contributed by atoms with Crippen LogP contribution < -0.4 is 10.9 Å². The number of carbonyl (C=O) groups is 1. The molecule has 0 saturated heterocycles. The SMILES string of the molecule is Cc1nn(C)c(NNC(=O)C(C)(C)COCc2ccccc2)c1C#N.